The lowest BCUT2D eigenvalue weighted by atomic mass is 9.78. The van der Waals surface area contributed by atoms with Crippen LogP contribution in [0, 0.1) is 5.82 Å². The van der Waals surface area contributed by atoms with Gasteiger partial charge in [-0.15, -0.1) is 0 Å². The Bertz CT molecular complexity index is 1390. The Kier molecular flexibility index (Phi) is 8.45. The molecular weight excluding hydrogens is 507 g/mol. The molecule has 3 heterocycles. The lowest BCUT2D eigenvalue weighted by Gasteiger charge is -2.44. The minimum absolute atomic E-state index is 0.00398. The maximum atomic E-state index is 14.5. The highest BCUT2D eigenvalue weighted by molar-refractivity contribution is 6.01. The molecule has 2 unspecified atom stereocenters. The van der Waals surface area contributed by atoms with Crippen LogP contribution in [0.25, 0.3) is 6.08 Å². The van der Waals surface area contributed by atoms with Crippen LogP contribution < -0.4 is 4.90 Å². The zero-order chi connectivity index (χ0) is 28.1. The summed E-state index contributed by atoms with van der Waals surface area (Å²) in [5.74, 6) is -0.951. The number of rotatable bonds is 8. The van der Waals surface area contributed by atoms with E-state index in [0.717, 1.165) is 22.4 Å². The van der Waals surface area contributed by atoms with Crippen molar-refractivity contribution < 1.29 is 18.7 Å². The molecule has 0 spiro atoms. The number of aromatic nitrogens is 1. The molecule has 2 aliphatic rings. The van der Waals surface area contributed by atoms with Crippen molar-refractivity contribution >= 4 is 23.6 Å². The topological polar surface area (TPSA) is 68.9 Å². The largest absolute Gasteiger partial charge is 0.383 e. The molecule has 0 bridgehead atoms. The van der Waals surface area contributed by atoms with E-state index in [9.17, 15) is 14.0 Å². The van der Waals surface area contributed by atoms with Gasteiger partial charge in [0.25, 0.3) is 5.91 Å². The average Bonchev–Trinajstić information content (AvgIpc) is 3.45. The monoisotopic (exact) mass is 542 g/mol. The van der Waals surface area contributed by atoms with Crippen molar-refractivity contribution in [3.63, 3.8) is 0 Å². The molecule has 5 rings (SSSR count). The number of allylic oxidation sites excluding steroid dienone is 3. The number of carbonyl (C=O) groups excluding carboxylic acids is 2. The van der Waals surface area contributed by atoms with Crippen LogP contribution in [0.4, 0.5) is 10.1 Å². The molecule has 2 aromatic carbocycles. The molecule has 2 aliphatic heterocycles. The number of H-pyrrole nitrogens is 1. The van der Waals surface area contributed by atoms with Crippen molar-refractivity contribution in [1.82, 2.24) is 14.8 Å². The highest BCUT2D eigenvalue weighted by Crippen LogP contribution is 2.45. The highest BCUT2D eigenvalue weighted by atomic mass is 19.1. The van der Waals surface area contributed by atoms with Crippen molar-refractivity contribution in [3.05, 3.63) is 107 Å². The number of anilines is 1. The number of nitrogens with one attached hydrogen (secondary N) is 1. The Morgan fingerprint density at radius 3 is 2.50 bits per heavy atom. The van der Waals surface area contributed by atoms with Gasteiger partial charge in [-0.2, -0.15) is 0 Å². The fourth-order valence-corrected chi connectivity index (χ4v) is 5.73. The van der Waals surface area contributed by atoms with E-state index in [-0.39, 0.29) is 17.6 Å². The molecule has 1 aromatic heterocycles. The van der Waals surface area contributed by atoms with E-state index in [1.54, 1.807) is 24.1 Å². The Hall–Kier alpha value is -4.17. The Morgan fingerprint density at radius 2 is 1.77 bits per heavy atom. The number of amides is 2. The van der Waals surface area contributed by atoms with Gasteiger partial charge in [-0.05, 0) is 48.4 Å². The molecule has 208 valence electrons. The number of methoxy groups -OCH3 is 1. The summed E-state index contributed by atoms with van der Waals surface area (Å²) in [5.41, 5.74) is 4.07. The van der Waals surface area contributed by atoms with E-state index in [0.29, 0.717) is 44.9 Å². The molecular formula is C32H35FN4O3. The minimum atomic E-state index is -0.576. The van der Waals surface area contributed by atoms with Gasteiger partial charge in [0.1, 0.15) is 5.82 Å². The summed E-state index contributed by atoms with van der Waals surface area (Å²) in [7, 11) is 1.61. The van der Waals surface area contributed by atoms with Gasteiger partial charge in [0, 0.05) is 69.0 Å². The van der Waals surface area contributed by atoms with Crippen molar-refractivity contribution in [2.75, 3.05) is 51.3 Å². The second-order valence-corrected chi connectivity index (χ2v) is 10.0. The molecule has 1 saturated heterocycles. The first-order valence-electron chi connectivity index (χ1n) is 13.7. The van der Waals surface area contributed by atoms with Gasteiger partial charge in [-0.1, -0.05) is 42.5 Å². The Labute approximate surface area is 234 Å². The SMILES string of the molecule is C/C=C\C=C/c1c[nH]cc1C1C(C(=O)N2CCN(c3ccc(F)cc3)CC2)c2ccccc2C(=O)N1CCOC. The zero-order valence-electron chi connectivity index (χ0n) is 22.9. The van der Waals surface area contributed by atoms with Gasteiger partial charge in [-0.25, -0.2) is 4.39 Å². The van der Waals surface area contributed by atoms with Crippen LogP contribution >= 0.6 is 0 Å². The van der Waals surface area contributed by atoms with Crippen molar-refractivity contribution in [2.24, 2.45) is 0 Å². The summed E-state index contributed by atoms with van der Waals surface area (Å²) in [6.45, 7) is 5.03. The van der Waals surface area contributed by atoms with Crippen LogP contribution in [0.15, 0.2) is 79.2 Å². The number of piperazine rings is 1. The highest BCUT2D eigenvalue weighted by Gasteiger charge is 2.46. The van der Waals surface area contributed by atoms with Gasteiger partial charge in [0.2, 0.25) is 5.91 Å². The summed E-state index contributed by atoms with van der Waals surface area (Å²) in [6.07, 6.45) is 11.6. The van der Waals surface area contributed by atoms with Gasteiger partial charge < -0.3 is 24.4 Å². The quantitative estimate of drug-likeness (QED) is 0.406. The Morgan fingerprint density at radius 1 is 1.02 bits per heavy atom. The molecule has 3 aromatic rings. The molecule has 0 aliphatic carbocycles. The van der Waals surface area contributed by atoms with Crippen LogP contribution in [0.1, 0.15) is 45.9 Å². The Balaban J connectivity index is 1.51. The number of ether oxygens (including phenoxy) is 1. The van der Waals surface area contributed by atoms with E-state index >= 15 is 0 Å². The molecule has 0 saturated carbocycles. The number of nitrogens with zero attached hydrogens (tertiary/aromatic N) is 3. The van der Waals surface area contributed by atoms with Gasteiger partial charge >= 0.3 is 0 Å². The number of benzene rings is 2. The molecule has 40 heavy (non-hydrogen) atoms. The van der Waals surface area contributed by atoms with Crippen LogP contribution in [-0.2, 0) is 9.53 Å². The van der Waals surface area contributed by atoms with Gasteiger partial charge in [0.05, 0.1) is 18.6 Å². The summed E-state index contributed by atoms with van der Waals surface area (Å²) in [5, 5.41) is 0. The second-order valence-electron chi connectivity index (χ2n) is 10.0. The fourth-order valence-electron chi connectivity index (χ4n) is 5.73. The number of hydrogen-bond acceptors (Lipinski definition) is 4. The first-order valence-corrected chi connectivity index (χ1v) is 13.7. The first-order chi connectivity index (χ1) is 19.5. The van der Waals surface area contributed by atoms with Crippen LogP contribution in [0.3, 0.4) is 0 Å². The molecule has 2 atom stereocenters. The molecule has 8 heteroatoms. The number of hydrogen-bond donors (Lipinski definition) is 1. The van der Waals surface area contributed by atoms with Gasteiger partial charge in [-0.3, -0.25) is 9.59 Å². The maximum absolute atomic E-state index is 14.5. The standard InChI is InChI=1S/C32H35FN4O3/c1-3-4-5-8-23-21-34-22-28(23)30-29(26-9-6-7-10-27(26)31(38)37(30)19-20-40-2)32(39)36-17-15-35(16-18-36)25-13-11-24(33)12-14-25/h3-14,21-22,29-30,34H,15-20H2,1-2H3/b4-3-,8-5-. The summed E-state index contributed by atoms with van der Waals surface area (Å²) in [4.78, 5) is 37.4. The molecule has 0 radical (unpaired) electrons. The third-order valence-corrected chi connectivity index (χ3v) is 7.73. The normalized spacial score (nSPS) is 19.6. The summed E-state index contributed by atoms with van der Waals surface area (Å²) >= 11 is 0. The predicted molar refractivity (Wildman–Crippen MR) is 155 cm³/mol. The molecule has 1 fully saturated rings. The molecule has 2 amide bonds. The number of halogens is 1. The van der Waals surface area contributed by atoms with E-state index in [4.69, 9.17) is 4.74 Å². The van der Waals surface area contributed by atoms with Crippen LogP contribution in [0.2, 0.25) is 0 Å². The lowest BCUT2D eigenvalue weighted by molar-refractivity contribution is -0.135. The minimum Gasteiger partial charge on any atom is -0.383 e. The van der Waals surface area contributed by atoms with E-state index in [1.165, 1.54) is 12.1 Å². The number of carbonyl (C=O) groups is 2. The van der Waals surface area contributed by atoms with Crippen molar-refractivity contribution in [1.29, 1.82) is 0 Å². The van der Waals surface area contributed by atoms with E-state index < -0.39 is 12.0 Å². The van der Waals surface area contributed by atoms with Crippen molar-refractivity contribution in [3.8, 4) is 0 Å². The first kappa shape index (κ1) is 27.4. The van der Waals surface area contributed by atoms with E-state index in [1.807, 2.05) is 72.8 Å². The zero-order valence-corrected chi connectivity index (χ0v) is 22.9. The second kappa shape index (κ2) is 12.3. The lowest BCUT2D eigenvalue weighted by Crippen LogP contribution is -2.53. The smallest absolute Gasteiger partial charge is 0.254 e. The third-order valence-electron chi connectivity index (χ3n) is 7.73. The average molecular weight is 543 g/mol. The number of aromatic amines is 1. The van der Waals surface area contributed by atoms with Crippen molar-refractivity contribution in [2.45, 2.75) is 18.9 Å². The van der Waals surface area contributed by atoms with E-state index in [2.05, 4.69) is 9.88 Å². The third kappa shape index (κ3) is 5.45. The fraction of sp³-hybridized carbons (Fsp3) is 0.312. The summed E-state index contributed by atoms with van der Waals surface area (Å²) in [6, 6.07) is 13.4. The van der Waals surface area contributed by atoms with Crippen LogP contribution in [-0.4, -0.2) is 73.0 Å². The maximum Gasteiger partial charge on any atom is 0.254 e. The molecule has 1 N–H and O–H groups in total. The summed E-state index contributed by atoms with van der Waals surface area (Å²) < 4.78 is 18.8. The molecule has 7 nitrogen and oxygen atoms in total. The number of fused-ring (bicyclic) bond motifs is 1. The predicted octanol–water partition coefficient (Wildman–Crippen LogP) is 5.02. The van der Waals surface area contributed by atoms with Crippen LogP contribution in [0.5, 0.6) is 0 Å². The van der Waals surface area contributed by atoms with Gasteiger partial charge in [0.15, 0.2) is 0 Å².